The van der Waals surface area contributed by atoms with E-state index < -0.39 is 0 Å². The number of rotatable bonds is 1. The molecule has 0 saturated heterocycles. The quantitative estimate of drug-likeness (QED) is 0.618. The van der Waals surface area contributed by atoms with Crippen LogP contribution >= 0.6 is 0 Å². The molecule has 1 saturated carbocycles. The average Bonchev–Trinajstić information content (AvgIpc) is 1.85. The Labute approximate surface area is 69.8 Å². The maximum atomic E-state index is 9.38. The van der Waals surface area contributed by atoms with Crippen molar-refractivity contribution in [1.29, 1.82) is 0 Å². The lowest BCUT2D eigenvalue weighted by atomic mass is 9.73. The molecule has 0 aliphatic heterocycles. The first-order valence-corrected chi connectivity index (χ1v) is 4.79. The van der Waals surface area contributed by atoms with Crippen LogP contribution in [0.4, 0.5) is 0 Å². The summed E-state index contributed by atoms with van der Waals surface area (Å²) in [4.78, 5) is 0. The van der Waals surface area contributed by atoms with Gasteiger partial charge in [-0.3, -0.25) is 0 Å². The van der Waals surface area contributed by atoms with E-state index >= 15 is 0 Å². The van der Waals surface area contributed by atoms with Crippen molar-refractivity contribution in [3.63, 3.8) is 0 Å². The van der Waals surface area contributed by atoms with Gasteiger partial charge in [-0.25, -0.2) is 0 Å². The lowest BCUT2D eigenvalue weighted by Gasteiger charge is -2.34. The van der Waals surface area contributed by atoms with Gasteiger partial charge in [-0.15, -0.1) is 0 Å². The molecule has 0 aromatic rings. The second-order valence-corrected chi connectivity index (χ2v) is 4.35. The Morgan fingerprint density at radius 3 is 2.36 bits per heavy atom. The van der Waals surface area contributed by atoms with Gasteiger partial charge in [0.05, 0.1) is 6.10 Å². The third kappa shape index (κ3) is 2.19. The number of hydrogen-bond donors (Lipinski definition) is 1. The SMILES string of the molecule is CC(C)[C@H]1CC[C@H](O)C[C@H]1C. The van der Waals surface area contributed by atoms with E-state index in [0.29, 0.717) is 0 Å². The molecule has 0 amide bonds. The zero-order valence-corrected chi connectivity index (χ0v) is 7.88. The van der Waals surface area contributed by atoms with Crippen LogP contribution in [0.5, 0.6) is 0 Å². The van der Waals surface area contributed by atoms with E-state index in [1.165, 1.54) is 6.42 Å². The predicted octanol–water partition coefficient (Wildman–Crippen LogP) is 2.44. The standard InChI is InChI=1S/C10H20O/c1-7(2)10-5-4-9(11)6-8(10)3/h7-11H,4-6H2,1-3H3/t8-,9+,10-/m1/s1. The van der Waals surface area contributed by atoms with Crippen molar-refractivity contribution < 1.29 is 5.11 Å². The van der Waals surface area contributed by atoms with Crippen molar-refractivity contribution in [3.8, 4) is 0 Å². The summed E-state index contributed by atoms with van der Waals surface area (Å²) in [5.41, 5.74) is 0. The van der Waals surface area contributed by atoms with E-state index in [4.69, 9.17) is 0 Å². The van der Waals surface area contributed by atoms with Gasteiger partial charge >= 0.3 is 0 Å². The van der Waals surface area contributed by atoms with Gasteiger partial charge in [-0.05, 0) is 37.0 Å². The molecule has 1 rings (SSSR count). The fourth-order valence-electron chi connectivity index (χ4n) is 2.38. The molecule has 1 nitrogen and oxygen atoms in total. The molecule has 11 heavy (non-hydrogen) atoms. The van der Waals surface area contributed by atoms with Crippen molar-refractivity contribution in [2.45, 2.75) is 46.1 Å². The molecule has 1 aliphatic rings. The van der Waals surface area contributed by atoms with Crippen LogP contribution in [-0.4, -0.2) is 11.2 Å². The first kappa shape index (κ1) is 9.05. The molecule has 0 aromatic heterocycles. The highest BCUT2D eigenvalue weighted by atomic mass is 16.3. The minimum absolute atomic E-state index is 0.0139. The number of hydrogen-bond acceptors (Lipinski definition) is 1. The predicted molar refractivity (Wildman–Crippen MR) is 47.3 cm³/mol. The Hall–Kier alpha value is -0.0400. The zero-order chi connectivity index (χ0) is 8.43. The number of aliphatic hydroxyl groups excluding tert-OH is 1. The molecule has 0 spiro atoms. The first-order valence-electron chi connectivity index (χ1n) is 4.79. The van der Waals surface area contributed by atoms with Crippen LogP contribution in [0, 0.1) is 17.8 Å². The Morgan fingerprint density at radius 1 is 1.27 bits per heavy atom. The van der Waals surface area contributed by atoms with Crippen molar-refractivity contribution >= 4 is 0 Å². The van der Waals surface area contributed by atoms with Crippen LogP contribution in [-0.2, 0) is 0 Å². The zero-order valence-electron chi connectivity index (χ0n) is 7.88. The molecule has 0 unspecified atom stereocenters. The van der Waals surface area contributed by atoms with Crippen LogP contribution < -0.4 is 0 Å². The molecule has 0 heterocycles. The maximum Gasteiger partial charge on any atom is 0.0543 e. The van der Waals surface area contributed by atoms with Gasteiger partial charge in [-0.1, -0.05) is 20.8 Å². The van der Waals surface area contributed by atoms with Crippen LogP contribution in [0.3, 0.4) is 0 Å². The van der Waals surface area contributed by atoms with E-state index in [1.807, 2.05) is 0 Å². The van der Waals surface area contributed by atoms with Gasteiger partial charge < -0.3 is 5.11 Å². The van der Waals surface area contributed by atoms with Gasteiger partial charge in [0.15, 0.2) is 0 Å². The monoisotopic (exact) mass is 156 g/mol. The highest BCUT2D eigenvalue weighted by Crippen LogP contribution is 2.34. The lowest BCUT2D eigenvalue weighted by molar-refractivity contribution is 0.0595. The largest absolute Gasteiger partial charge is 0.393 e. The summed E-state index contributed by atoms with van der Waals surface area (Å²) in [6.07, 6.45) is 3.25. The van der Waals surface area contributed by atoms with Gasteiger partial charge in [0, 0.05) is 0 Å². The third-order valence-corrected chi connectivity index (χ3v) is 3.06. The molecule has 66 valence electrons. The molecule has 1 N–H and O–H groups in total. The minimum Gasteiger partial charge on any atom is -0.393 e. The highest BCUT2D eigenvalue weighted by Gasteiger charge is 2.27. The molecule has 1 aliphatic carbocycles. The molecule has 1 fully saturated rings. The topological polar surface area (TPSA) is 20.2 Å². The van der Waals surface area contributed by atoms with Crippen molar-refractivity contribution in [1.82, 2.24) is 0 Å². The molecule has 0 aromatic carbocycles. The lowest BCUT2D eigenvalue weighted by Crippen LogP contribution is -2.28. The fourth-order valence-corrected chi connectivity index (χ4v) is 2.38. The first-order chi connectivity index (χ1) is 5.11. The van der Waals surface area contributed by atoms with Gasteiger partial charge in [0.2, 0.25) is 0 Å². The Kier molecular flexibility index (Phi) is 2.94. The Bertz CT molecular complexity index is 120. The summed E-state index contributed by atoms with van der Waals surface area (Å²) >= 11 is 0. The van der Waals surface area contributed by atoms with E-state index in [2.05, 4.69) is 20.8 Å². The third-order valence-electron chi connectivity index (χ3n) is 3.06. The van der Waals surface area contributed by atoms with E-state index in [0.717, 1.165) is 30.6 Å². The fraction of sp³-hybridized carbons (Fsp3) is 1.00. The number of aliphatic hydroxyl groups is 1. The molecule has 0 radical (unpaired) electrons. The van der Waals surface area contributed by atoms with Crippen LogP contribution in [0.1, 0.15) is 40.0 Å². The van der Waals surface area contributed by atoms with Crippen molar-refractivity contribution in [2.24, 2.45) is 17.8 Å². The Balaban J connectivity index is 2.44. The van der Waals surface area contributed by atoms with Crippen LogP contribution in [0.2, 0.25) is 0 Å². The van der Waals surface area contributed by atoms with E-state index in [9.17, 15) is 5.11 Å². The van der Waals surface area contributed by atoms with E-state index in [1.54, 1.807) is 0 Å². The van der Waals surface area contributed by atoms with Crippen molar-refractivity contribution in [2.75, 3.05) is 0 Å². The smallest absolute Gasteiger partial charge is 0.0543 e. The van der Waals surface area contributed by atoms with Crippen LogP contribution in [0.25, 0.3) is 0 Å². The summed E-state index contributed by atoms with van der Waals surface area (Å²) in [5, 5.41) is 9.38. The highest BCUT2D eigenvalue weighted by molar-refractivity contribution is 4.78. The maximum absolute atomic E-state index is 9.38. The summed E-state index contributed by atoms with van der Waals surface area (Å²) in [6.45, 7) is 6.85. The molecular weight excluding hydrogens is 136 g/mol. The molecular formula is C10H20O. The molecule has 1 heteroatoms. The van der Waals surface area contributed by atoms with Crippen LogP contribution in [0.15, 0.2) is 0 Å². The average molecular weight is 156 g/mol. The molecule has 0 bridgehead atoms. The van der Waals surface area contributed by atoms with E-state index in [-0.39, 0.29) is 6.10 Å². The summed E-state index contributed by atoms with van der Waals surface area (Å²) in [7, 11) is 0. The normalized spacial score (nSPS) is 39.5. The second-order valence-electron chi connectivity index (χ2n) is 4.35. The minimum atomic E-state index is -0.0139. The van der Waals surface area contributed by atoms with Gasteiger partial charge in [0.25, 0.3) is 0 Å². The summed E-state index contributed by atoms with van der Waals surface area (Å²) in [6, 6.07) is 0. The van der Waals surface area contributed by atoms with Gasteiger partial charge in [0.1, 0.15) is 0 Å². The molecule has 3 atom stereocenters. The Morgan fingerprint density at radius 2 is 1.91 bits per heavy atom. The summed E-state index contributed by atoms with van der Waals surface area (Å²) in [5.74, 6) is 2.36. The summed E-state index contributed by atoms with van der Waals surface area (Å²) < 4.78 is 0. The van der Waals surface area contributed by atoms with Crippen molar-refractivity contribution in [3.05, 3.63) is 0 Å². The van der Waals surface area contributed by atoms with Gasteiger partial charge in [-0.2, -0.15) is 0 Å². The second kappa shape index (κ2) is 3.57.